The van der Waals surface area contributed by atoms with Crippen LogP contribution in [0.4, 0.5) is 5.69 Å². The number of carbonyl (C=O) groups is 2. The molecule has 23 heavy (non-hydrogen) atoms. The lowest BCUT2D eigenvalue weighted by Gasteiger charge is -2.24. The van der Waals surface area contributed by atoms with Gasteiger partial charge in [-0.3, -0.25) is 9.59 Å². The van der Waals surface area contributed by atoms with Gasteiger partial charge in [0.25, 0.3) is 0 Å². The molecule has 0 aliphatic heterocycles. The van der Waals surface area contributed by atoms with E-state index in [0.29, 0.717) is 5.69 Å². The van der Waals surface area contributed by atoms with Crippen molar-refractivity contribution in [1.29, 1.82) is 0 Å². The Hall–Kier alpha value is -3.08. The number of nitrogens with zero attached hydrogens (tertiary/aromatic N) is 1. The standard InChI is InChI=1S/C18H15NO4/c20-16(21)10-19(11-17(22)23)18-14-7-3-1-5-12(14)9-13-6-2-4-8-15(13)18/h1-9H,10-11H2,(H,20,21)(H,22,23). The molecule has 5 heteroatoms. The van der Waals surface area contributed by atoms with Crippen molar-refractivity contribution in [2.75, 3.05) is 18.0 Å². The third-order valence-corrected chi connectivity index (χ3v) is 3.71. The zero-order valence-corrected chi connectivity index (χ0v) is 12.3. The lowest BCUT2D eigenvalue weighted by molar-refractivity contribution is -0.136. The van der Waals surface area contributed by atoms with Gasteiger partial charge in [0.1, 0.15) is 13.1 Å². The van der Waals surface area contributed by atoms with Gasteiger partial charge in [-0.05, 0) is 16.8 Å². The molecular weight excluding hydrogens is 294 g/mol. The minimum atomic E-state index is -1.07. The van der Waals surface area contributed by atoms with Gasteiger partial charge in [0.15, 0.2) is 0 Å². The number of rotatable bonds is 5. The van der Waals surface area contributed by atoms with Crippen LogP contribution in [0.2, 0.25) is 0 Å². The first-order chi connectivity index (χ1) is 11.1. The number of hydrogen-bond acceptors (Lipinski definition) is 3. The number of hydrogen-bond donors (Lipinski definition) is 2. The quantitative estimate of drug-likeness (QED) is 0.708. The van der Waals surface area contributed by atoms with Crippen LogP contribution in [-0.4, -0.2) is 35.2 Å². The van der Waals surface area contributed by atoms with Gasteiger partial charge >= 0.3 is 11.9 Å². The van der Waals surface area contributed by atoms with Crippen LogP contribution >= 0.6 is 0 Å². The van der Waals surface area contributed by atoms with Crippen LogP contribution in [0.5, 0.6) is 0 Å². The van der Waals surface area contributed by atoms with Crippen molar-refractivity contribution in [2.24, 2.45) is 0 Å². The number of fused-ring (bicyclic) bond motifs is 2. The second-order valence-corrected chi connectivity index (χ2v) is 5.31. The van der Waals surface area contributed by atoms with Crippen LogP contribution in [0.15, 0.2) is 54.6 Å². The number of carboxylic acids is 2. The second-order valence-electron chi connectivity index (χ2n) is 5.31. The molecule has 0 heterocycles. The predicted molar refractivity (Wildman–Crippen MR) is 88.9 cm³/mol. The van der Waals surface area contributed by atoms with Crippen molar-refractivity contribution in [1.82, 2.24) is 0 Å². The summed E-state index contributed by atoms with van der Waals surface area (Å²) in [5, 5.41) is 21.9. The average Bonchev–Trinajstić information content (AvgIpc) is 2.51. The van der Waals surface area contributed by atoms with E-state index in [2.05, 4.69) is 0 Å². The highest BCUT2D eigenvalue weighted by molar-refractivity contribution is 6.12. The van der Waals surface area contributed by atoms with Gasteiger partial charge < -0.3 is 15.1 Å². The van der Waals surface area contributed by atoms with E-state index in [-0.39, 0.29) is 13.1 Å². The highest BCUT2D eigenvalue weighted by Crippen LogP contribution is 2.35. The first-order valence-electron chi connectivity index (χ1n) is 7.15. The summed E-state index contributed by atoms with van der Waals surface area (Å²) in [5.41, 5.74) is 0.642. The molecular formula is C18H15NO4. The average molecular weight is 309 g/mol. The Morgan fingerprint density at radius 1 is 0.783 bits per heavy atom. The maximum absolute atomic E-state index is 11.2. The maximum atomic E-state index is 11.2. The lowest BCUT2D eigenvalue weighted by Crippen LogP contribution is -2.34. The Bertz CT molecular complexity index is 834. The SMILES string of the molecule is O=C(O)CN(CC(=O)O)c1c2ccccc2cc2ccccc12. The molecule has 0 atom stereocenters. The van der Waals surface area contributed by atoms with E-state index in [1.165, 1.54) is 4.90 Å². The summed E-state index contributed by atoms with van der Waals surface area (Å²) >= 11 is 0. The molecule has 0 saturated carbocycles. The van der Waals surface area contributed by atoms with Crippen LogP contribution in [0.25, 0.3) is 21.5 Å². The molecule has 0 spiro atoms. The molecule has 0 bridgehead atoms. The molecule has 3 aromatic carbocycles. The van der Waals surface area contributed by atoms with Crippen molar-refractivity contribution >= 4 is 39.2 Å². The van der Waals surface area contributed by atoms with Gasteiger partial charge in [-0.25, -0.2) is 0 Å². The fraction of sp³-hybridized carbons (Fsp3) is 0.111. The molecule has 0 unspecified atom stereocenters. The predicted octanol–water partition coefficient (Wildman–Crippen LogP) is 2.97. The summed E-state index contributed by atoms with van der Waals surface area (Å²) in [4.78, 5) is 23.8. The highest BCUT2D eigenvalue weighted by Gasteiger charge is 2.19. The molecule has 3 rings (SSSR count). The zero-order valence-electron chi connectivity index (χ0n) is 12.3. The second kappa shape index (κ2) is 5.96. The van der Waals surface area contributed by atoms with Gasteiger partial charge in [-0.2, -0.15) is 0 Å². The summed E-state index contributed by atoms with van der Waals surface area (Å²) in [6.07, 6.45) is 0. The normalized spacial score (nSPS) is 10.8. The molecule has 0 amide bonds. The lowest BCUT2D eigenvalue weighted by atomic mass is 10.00. The first-order valence-corrected chi connectivity index (χ1v) is 7.15. The van der Waals surface area contributed by atoms with E-state index in [0.717, 1.165) is 21.5 Å². The number of anilines is 1. The Balaban J connectivity index is 2.33. The van der Waals surface area contributed by atoms with Gasteiger partial charge in [0, 0.05) is 10.8 Å². The van der Waals surface area contributed by atoms with Crippen LogP contribution in [-0.2, 0) is 9.59 Å². The monoisotopic (exact) mass is 309 g/mol. The van der Waals surface area contributed by atoms with Gasteiger partial charge in [-0.1, -0.05) is 48.5 Å². The summed E-state index contributed by atoms with van der Waals surface area (Å²) in [5.74, 6) is -2.13. The summed E-state index contributed by atoms with van der Waals surface area (Å²) in [6.45, 7) is -0.741. The molecule has 0 radical (unpaired) electrons. The largest absolute Gasteiger partial charge is 0.480 e. The third-order valence-electron chi connectivity index (χ3n) is 3.71. The molecule has 0 aromatic heterocycles. The topological polar surface area (TPSA) is 77.8 Å². The van der Waals surface area contributed by atoms with Crippen molar-refractivity contribution in [3.8, 4) is 0 Å². The van der Waals surface area contributed by atoms with Crippen molar-refractivity contribution in [2.45, 2.75) is 0 Å². The van der Waals surface area contributed by atoms with Crippen LogP contribution in [0.3, 0.4) is 0 Å². The van der Waals surface area contributed by atoms with Gasteiger partial charge in [-0.15, -0.1) is 0 Å². The third kappa shape index (κ3) is 2.94. The Morgan fingerprint density at radius 2 is 1.22 bits per heavy atom. The van der Waals surface area contributed by atoms with Crippen LogP contribution in [0, 0.1) is 0 Å². The number of carboxylic acid groups (broad SMARTS) is 2. The summed E-state index contributed by atoms with van der Waals surface area (Å²) in [7, 11) is 0. The molecule has 2 N–H and O–H groups in total. The van der Waals surface area contributed by atoms with Crippen LogP contribution < -0.4 is 4.90 Å². The van der Waals surface area contributed by atoms with E-state index in [9.17, 15) is 9.59 Å². The Kier molecular flexibility index (Phi) is 3.85. The van der Waals surface area contributed by atoms with Crippen molar-refractivity contribution in [3.05, 3.63) is 54.6 Å². The molecule has 5 nitrogen and oxygen atoms in total. The maximum Gasteiger partial charge on any atom is 0.323 e. The highest BCUT2D eigenvalue weighted by atomic mass is 16.4. The zero-order chi connectivity index (χ0) is 16.4. The molecule has 0 aliphatic carbocycles. The molecule has 3 aromatic rings. The first kappa shape index (κ1) is 14.8. The van der Waals surface area contributed by atoms with Crippen LogP contribution in [0.1, 0.15) is 0 Å². The molecule has 0 saturated heterocycles. The fourth-order valence-corrected chi connectivity index (χ4v) is 2.87. The molecule has 0 aliphatic rings. The van der Waals surface area contributed by atoms with Crippen molar-refractivity contribution in [3.63, 3.8) is 0 Å². The fourth-order valence-electron chi connectivity index (χ4n) is 2.87. The van der Waals surface area contributed by atoms with E-state index in [1.807, 2.05) is 54.6 Å². The number of benzene rings is 3. The van der Waals surface area contributed by atoms with E-state index in [1.54, 1.807) is 0 Å². The Labute approximate surface area is 132 Å². The summed E-state index contributed by atoms with van der Waals surface area (Å²) < 4.78 is 0. The Morgan fingerprint density at radius 3 is 1.65 bits per heavy atom. The van der Waals surface area contributed by atoms with E-state index >= 15 is 0 Å². The molecule has 0 fully saturated rings. The van der Waals surface area contributed by atoms with Crippen molar-refractivity contribution < 1.29 is 19.8 Å². The summed E-state index contributed by atoms with van der Waals surface area (Å²) in [6, 6.07) is 17.2. The van der Waals surface area contributed by atoms with E-state index < -0.39 is 11.9 Å². The number of aliphatic carboxylic acids is 2. The minimum Gasteiger partial charge on any atom is -0.480 e. The van der Waals surface area contributed by atoms with Gasteiger partial charge in [0.05, 0.1) is 5.69 Å². The minimum absolute atomic E-state index is 0.371. The molecule has 116 valence electrons. The van der Waals surface area contributed by atoms with E-state index in [4.69, 9.17) is 10.2 Å². The van der Waals surface area contributed by atoms with Gasteiger partial charge in [0.2, 0.25) is 0 Å². The smallest absolute Gasteiger partial charge is 0.323 e.